The molecule has 0 aromatic heterocycles. The molecule has 1 aromatic carbocycles. The number of alkyl carbamates (subject to hydrolysis) is 1. The molecule has 0 aliphatic heterocycles. The van der Waals surface area contributed by atoms with Gasteiger partial charge in [-0.25, -0.2) is 26.7 Å². The Labute approximate surface area is 140 Å². The standard InChI is InChI=1S/C15H16F5NO4/c1-15(2,3)25-14(23)21-5-4-8(22)24-6-7-9(16)11(18)13(20)12(19)10(7)17/h4-6H2,1-3H3,(H,21,23). The zero-order valence-corrected chi connectivity index (χ0v) is 13.6. The van der Waals surface area contributed by atoms with Crippen LogP contribution in [-0.2, 0) is 20.9 Å². The van der Waals surface area contributed by atoms with Gasteiger partial charge in [-0.05, 0) is 20.8 Å². The summed E-state index contributed by atoms with van der Waals surface area (Å²) in [6, 6.07) is 0. The minimum Gasteiger partial charge on any atom is -0.461 e. The van der Waals surface area contributed by atoms with Gasteiger partial charge in [0.05, 0.1) is 12.0 Å². The highest BCUT2D eigenvalue weighted by Crippen LogP contribution is 2.23. The van der Waals surface area contributed by atoms with Crippen LogP contribution in [0.5, 0.6) is 0 Å². The van der Waals surface area contributed by atoms with Gasteiger partial charge >= 0.3 is 12.1 Å². The maximum Gasteiger partial charge on any atom is 0.407 e. The Morgan fingerprint density at radius 2 is 1.40 bits per heavy atom. The van der Waals surface area contributed by atoms with Crippen LogP contribution < -0.4 is 5.32 Å². The molecule has 140 valence electrons. The number of nitrogens with one attached hydrogen (secondary N) is 1. The number of hydrogen-bond donors (Lipinski definition) is 1. The van der Waals surface area contributed by atoms with Crippen molar-refractivity contribution < 1.29 is 41.0 Å². The minimum absolute atomic E-state index is 0.204. The Hall–Kier alpha value is -2.39. The first-order valence-electron chi connectivity index (χ1n) is 7.06. The van der Waals surface area contributed by atoms with Gasteiger partial charge in [0, 0.05) is 6.54 Å². The van der Waals surface area contributed by atoms with E-state index in [4.69, 9.17) is 4.74 Å². The molecule has 0 radical (unpaired) electrons. The second-order valence-corrected chi connectivity index (χ2v) is 5.89. The minimum atomic E-state index is -2.30. The third-order valence-corrected chi connectivity index (χ3v) is 2.68. The average molecular weight is 369 g/mol. The summed E-state index contributed by atoms with van der Waals surface area (Å²) >= 11 is 0. The Morgan fingerprint density at radius 1 is 0.920 bits per heavy atom. The molecule has 0 aliphatic rings. The summed E-state index contributed by atoms with van der Waals surface area (Å²) in [4.78, 5) is 22.7. The number of benzene rings is 1. The Morgan fingerprint density at radius 3 is 1.88 bits per heavy atom. The van der Waals surface area contributed by atoms with Gasteiger partial charge in [0.15, 0.2) is 23.3 Å². The largest absolute Gasteiger partial charge is 0.461 e. The lowest BCUT2D eigenvalue weighted by atomic mass is 10.2. The highest BCUT2D eigenvalue weighted by molar-refractivity contribution is 5.72. The van der Waals surface area contributed by atoms with Gasteiger partial charge in [0.1, 0.15) is 12.2 Å². The van der Waals surface area contributed by atoms with E-state index >= 15 is 0 Å². The SMILES string of the molecule is CC(C)(C)OC(=O)NCCC(=O)OCc1c(F)c(F)c(F)c(F)c1F. The third-order valence-electron chi connectivity index (χ3n) is 2.68. The molecular weight excluding hydrogens is 353 g/mol. The predicted octanol–water partition coefficient (Wildman–Crippen LogP) is 3.34. The summed E-state index contributed by atoms with van der Waals surface area (Å²) in [5.41, 5.74) is -2.00. The zero-order chi connectivity index (χ0) is 19.4. The van der Waals surface area contributed by atoms with E-state index in [-0.39, 0.29) is 6.54 Å². The van der Waals surface area contributed by atoms with Crippen LogP contribution in [0.1, 0.15) is 32.8 Å². The molecule has 0 saturated carbocycles. The number of rotatable bonds is 5. The van der Waals surface area contributed by atoms with E-state index < -0.39 is 65.3 Å². The summed E-state index contributed by atoms with van der Waals surface area (Å²) in [6.45, 7) is 3.54. The first-order valence-corrected chi connectivity index (χ1v) is 7.06. The van der Waals surface area contributed by atoms with E-state index in [0.29, 0.717) is 0 Å². The second kappa shape index (κ2) is 8.13. The Bertz CT molecular complexity index is 644. The van der Waals surface area contributed by atoms with Crippen LogP contribution >= 0.6 is 0 Å². The number of hydrogen-bond acceptors (Lipinski definition) is 4. The van der Waals surface area contributed by atoms with Crippen molar-refractivity contribution in [1.29, 1.82) is 0 Å². The van der Waals surface area contributed by atoms with Crippen molar-refractivity contribution in [1.82, 2.24) is 5.32 Å². The first kappa shape index (κ1) is 20.7. The highest BCUT2D eigenvalue weighted by Gasteiger charge is 2.26. The molecule has 0 saturated heterocycles. The van der Waals surface area contributed by atoms with Gasteiger partial charge in [-0.2, -0.15) is 0 Å². The summed E-state index contributed by atoms with van der Waals surface area (Å²) in [5.74, 6) is -11.7. The summed E-state index contributed by atoms with van der Waals surface area (Å²) in [6.07, 6.45) is -1.19. The molecule has 0 fully saturated rings. The fourth-order valence-electron chi connectivity index (χ4n) is 1.58. The number of ether oxygens (including phenoxy) is 2. The molecule has 1 rings (SSSR count). The quantitative estimate of drug-likeness (QED) is 0.374. The van der Waals surface area contributed by atoms with E-state index in [2.05, 4.69) is 10.1 Å². The monoisotopic (exact) mass is 369 g/mol. The van der Waals surface area contributed by atoms with Crippen molar-refractivity contribution in [3.63, 3.8) is 0 Å². The number of esters is 1. The second-order valence-electron chi connectivity index (χ2n) is 5.89. The van der Waals surface area contributed by atoms with Gasteiger partial charge in [0.2, 0.25) is 5.82 Å². The smallest absolute Gasteiger partial charge is 0.407 e. The van der Waals surface area contributed by atoms with Gasteiger partial charge < -0.3 is 14.8 Å². The van der Waals surface area contributed by atoms with Gasteiger partial charge in [0.25, 0.3) is 0 Å². The number of halogens is 5. The van der Waals surface area contributed by atoms with Crippen LogP contribution in [0.2, 0.25) is 0 Å². The molecule has 0 bridgehead atoms. The van der Waals surface area contributed by atoms with Crippen LogP contribution in [0.15, 0.2) is 0 Å². The van der Waals surface area contributed by atoms with Gasteiger partial charge in [-0.15, -0.1) is 0 Å². The zero-order valence-electron chi connectivity index (χ0n) is 13.6. The molecule has 1 aromatic rings. The lowest BCUT2D eigenvalue weighted by Crippen LogP contribution is -2.33. The summed E-state index contributed by atoms with van der Waals surface area (Å²) in [5, 5.41) is 2.24. The van der Waals surface area contributed by atoms with Crippen molar-refractivity contribution in [2.24, 2.45) is 0 Å². The number of amides is 1. The van der Waals surface area contributed by atoms with Crippen LogP contribution in [0, 0.1) is 29.1 Å². The van der Waals surface area contributed by atoms with Gasteiger partial charge in [-0.1, -0.05) is 0 Å². The van der Waals surface area contributed by atoms with Crippen LogP contribution in [0.4, 0.5) is 26.7 Å². The maximum absolute atomic E-state index is 13.4. The van der Waals surface area contributed by atoms with E-state index in [1.807, 2.05) is 0 Å². The average Bonchev–Trinajstić information content (AvgIpc) is 2.49. The molecule has 1 N–H and O–H groups in total. The molecule has 0 atom stereocenters. The molecular formula is C15H16F5NO4. The molecule has 0 heterocycles. The van der Waals surface area contributed by atoms with E-state index in [9.17, 15) is 31.5 Å². The lowest BCUT2D eigenvalue weighted by molar-refractivity contribution is -0.144. The van der Waals surface area contributed by atoms with E-state index in [1.54, 1.807) is 20.8 Å². The summed E-state index contributed by atoms with van der Waals surface area (Å²) < 4.78 is 75.0. The molecule has 0 aliphatic carbocycles. The van der Waals surface area contributed by atoms with Crippen molar-refractivity contribution in [3.05, 3.63) is 34.6 Å². The Kier molecular flexibility index (Phi) is 6.71. The fraction of sp³-hybridized carbons (Fsp3) is 0.467. The highest BCUT2D eigenvalue weighted by atomic mass is 19.2. The lowest BCUT2D eigenvalue weighted by Gasteiger charge is -2.19. The van der Waals surface area contributed by atoms with Crippen LogP contribution in [0.25, 0.3) is 0 Å². The molecule has 0 unspecified atom stereocenters. The molecule has 25 heavy (non-hydrogen) atoms. The first-order chi connectivity index (χ1) is 11.4. The maximum atomic E-state index is 13.4. The topological polar surface area (TPSA) is 64.6 Å². The predicted molar refractivity (Wildman–Crippen MR) is 74.9 cm³/mol. The van der Waals surface area contributed by atoms with Gasteiger partial charge in [-0.3, -0.25) is 4.79 Å². The Balaban J connectivity index is 2.54. The number of carbonyl (C=O) groups excluding carboxylic acids is 2. The van der Waals surface area contributed by atoms with Crippen LogP contribution in [0.3, 0.4) is 0 Å². The third kappa shape index (κ3) is 5.87. The fourth-order valence-corrected chi connectivity index (χ4v) is 1.58. The molecule has 5 nitrogen and oxygen atoms in total. The van der Waals surface area contributed by atoms with E-state index in [1.165, 1.54) is 0 Å². The van der Waals surface area contributed by atoms with Crippen molar-refractivity contribution >= 4 is 12.1 Å². The molecule has 1 amide bonds. The van der Waals surface area contributed by atoms with Crippen molar-refractivity contribution in [3.8, 4) is 0 Å². The number of carbonyl (C=O) groups is 2. The molecule has 0 spiro atoms. The van der Waals surface area contributed by atoms with Crippen molar-refractivity contribution in [2.45, 2.75) is 39.4 Å². The molecule has 10 heteroatoms. The van der Waals surface area contributed by atoms with Crippen molar-refractivity contribution in [2.75, 3.05) is 6.54 Å². The van der Waals surface area contributed by atoms with E-state index in [0.717, 1.165) is 0 Å². The summed E-state index contributed by atoms with van der Waals surface area (Å²) in [7, 11) is 0. The van der Waals surface area contributed by atoms with Crippen LogP contribution in [-0.4, -0.2) is 24.2 Å². The normalized spacial score (nSPS) is 11.2.